The van der Waals surface area contributed by atoms with Gasteiger partial charge in [-0.05, 0) is 77.9 Å². The zero-order chi connectivity index (χ0) is 27.4. The smallest absolute Gasteiger partial charge is 0.416 e. The summed E-state index contributed by atoms with van der Waals surface area (Å²) >= 11 is 0. The summed E-state index contributed by atoms with van der Waals surface area (Å²) in [6.07, 6.45) is -4.45. The number of anilines is 2. The molecule has 0 radical (unpaired) electrons. The number of benzene rings is 4. The number of phenols is 1. The molecule has 0 aliphatic rings. The largest absolute Gasteiger partial charge is 0.506 e. The maximum atomic E-state index is 13.1. The van der Waals surface area contributed by atoms with E-state index in [-0.39, 0.29) is 33.3 Å². The third kappa shape index (κ3) is 6.12. The quantitative estimate of drug-likeness (QED) is 0.139. The summed E-state index contributed by atoms with van der Waals surface area (Å²) in [6, 6.07) is 18.3. The number of ether oxygens (including phenoxy) is 1. The molecule has 0 aliphatic heterocycles. The van der Waals surface area contributed by atoms with E-state index < -0.39 is 34.4 Å². The number of hydrogen-bond donors (Lipinski definition) is 3. The molecule has 4 aromatic carbocycles. The zero-order valence-corrected chi connectivity index (χ0v) is 20.5. The van der Waals surface area contributed by atoms with E-state index in [2.05, 4.69) is 10.0 Å². The van der Waals surface area contributed by atoms with Gasteiger partial charge in [-0.15, -0.1) is 0 Å². The van der Waals surface area contributed by atoms with E-state index in [0.717, 1.165) is 24.3 Å². The van der Waals surface area contributed by atoms with Crippen molar-refractivity contribution in [3.63, 3.8) is 0 Å². The number of phenolic OH excluding ortho intramolecular Hbond substituents is 1. The van der Waals surface area contributed by atoms with Crippen LogP contribution < -0.4 is 14.8 Å². The second-order valence-electron chi connectivity index (χ2n) is 8.00. The van der Waals surface area contributed by atoms with Gasteiger partial charge >= 0.3 is 6.18 Å². The molecule has 0 bridgehead atoms. The highest BCUT2D eigenvalue weighted by Gasteiger charge is 2.30. The van der Waals surface area contributed by atoms with Gasteiger partial charge in [-0.25, -0.2) is 8.60 Å². The second kappa shape index (κ2) is 10.9. The van der Waals surface area contributed by atoms with E-state index in [1.165, 1.54) is 61.7 Å². The van der Waals surface area contributed by atoms with E-state index in [4.69, 9.17) is 4.74 Å². The first-order valence-electron chi connectivity index (χ1n) is 11.0. The van der Waals surface area contributed by atoms with Gasteiger partial charge in [0.05, 0.1) is 28.8 Å². The fraction of sp³-hybridized carbons (Fsp3) is 0.0741. The zero-order valence-electron chi connectivity index (χ0n) is 19.7. The SMILES string of the molecule is COc1cc(-c2ccc(C(F)(F)F)cc2)ccc1C(=O)Nc1ccc(O)c(NS(=O)c2ccc(F)cc2)c1. The minimum atomic E-state index is -4.45. The van der Waals surface area contributed by atoms with E-state index in [9.17, 15) is 31.7 Å². The standard InChI is InChI=1S/C27H20F4N2O4S/c1-37-25-14-17(16-2-5-18(6-3-16)27(29,30)31)4-12-22(25)26(35)32-20-9-13-24(34)23(15-20)33-38(36)21-10-7-19(28)8-11-21/h2-15,33-34H,1H3,(H,32,35). The highest BCUT2D eigenvalue weighted by molar-refractivity contribution is 7.86. The van der Waals surface area contributed by atoms with Gasteiger partial charge in [-0.3, -0.25) is 9.52 Å². The highest BCUT2D eigenvalue weighted by Crippen LogP contribution is 2.33. The molecule has 0 heterocycles. The molecule has 11 heteroatoms. The molecule has 4 aromatic rings. The summed E-state index contributed by atoms with van der Waals surface area (Å²) in [4.78, 5) is 13.2. The number of aromatic hydroxyl groups is 1. The van der Waals surface area contributed by atoms with E-state index in [1.54, 1.807) is 6.07 Å². The van der Waals surface area contributed by atoms with Gasteiger partial charge in [0.2, 0.25) is 0 Å². The average molecular weight is 545 g/mol. The fourth-order valence-electron chi connectivity index (χ4n) is 3.52. The maximum absolute atomic E-state index is 13.1. The monoisotopic (exact) mass is 544 g/mol. The molecule has 6 nitrogen and oxygen atoms in total. The predicted molar refractivity (Wildman–Crippen MR) is 136 cm³/mol. The molecule has 0 saturated carbocycles. The summed E-state index contributed by atoms with van der Waals surface area (Å²) in [5.41, 5.74) is 0.766. The third-order valence-corrected chi connectivity index (χ3v) is 6.58. The topological polar surface area (TPSA) is 87.7 Å². The van der Waals surface area contributed by atoms with Crippen molar-refractivity contribution in [2.75, 3.05) is 17.1 Å². The van der Waals surface area contributed by atoms with Crippen LogP contribution in [-0.4, -0.2) is 22.3 Å². The molecule has 1 amide bonds. The van der Waals surface area contributed by atoms with Crippen LogP contribution in [0.15, 0.2) is 89.8 Å². The molecule has 38 heavy (non-hydrogen) atoms. The molecule has 0 aliphatic carbocycles. The number of carbonyl (C=O) groups excluding carboxylic acids is 1. The Kier molecular flexibility index (Phi) is 7.67. The Balaban J connectivity index is 1.52. The van der Waals surface area contributed by atoms with Gasteiger partial charge in [-0.2, -0.15) is 13.2 Å². The third-order valence-electron chi connectivity index (χ3n) is 5.48. The number of methoxy groups -OCH3 is 1. The Morgan fingerprint density at radius 3 is 2.18 bits per heavy atom. The van der Waals surface area contributed by atoms with Crippen LogP contribution in [0.5, 0.6) is 11.5 Å². The fourth-order valence-corrected chi connectivity index (χ4v) is 4.39. The van der Waals surface area contributed by atoms with Gasteiger partial charge in [-0.1, -0.05) is 18.2 Å². The maximum Gasteiger partial charge on any atom is 0.416 e. The molecule has 0 aromatic heterocycles. The van der Waals surface area contributed by atoms with Crippen molar-refractivity contribution in [1.82, 2.24) is 0 Å². The first kappa shape index (κ1) is 26.7. The molecule has 4 rings (SSSR count). The molecule has 0 fully saturated rings. The Morgan fingerprint density at radius 2 is 1.55 bits per heavy atom. The van der Waals surface area contributed by atoms with E-state index in [0.29, 0.717) is 11.1 Å². The predicted octanol–water partition coefficient (Wildman–Crippen LogP) is 6.61. The number of hydrogen-bond acceptors (Lipinski definition) is 4. The van der Waals surface area contributed by atoms with Crippen molar-refractivity contribution in [3.05, 3.63) is 102 Å². The van der Waals surface area contributed by atoms with E-state index in [1.807, 2.05) is 0 Å². The molecule has 0 saturated heterocycles. The molecule has 3 N–H and O–H groups in total. The lowest BCUT2D eigenvalue weighted by Crippen LogP contribution is -2.13. The number of amides is 1. The van der Waals surface area contributed by atoms with Crippen molar-refractivity contribution in [2.24, 2.45) is 0 Å². The Bertz CT molecular complexity index is 1490. The van der Waals surface area contributed by atoms with Crippen LogP contribution in [0.2, 0.25) is 0 Å². The average Bonchev–Trinajstić information content (AvgIpc) is 2.90. The summed E-state index contributed by atoms with van der Waals surface area (Å²) in [5, 5.41) is 12.8. The first-order chi connectivity index (χ1) is 18.0. The highest BCUT2D eigenvalue weighted by atomic mass is 32.2. The summed E-state index contributed by atoms with van der Waals surface area (Å²) in [5.74, 6) is -1.08. The van der Waals surface area contributed by atoms with E-state index >= 15 is 0 Å². The number of carbonyl (C=O) groups is 1. The van der Waals surface area contributed by atoms with Crippen molar-refractivity contribution in [2.45, 2.75) is 11.1 Å². The first-order valence-corrected chi connectivity index (χ1v) is 12.1. The Hall–Kier alpha value is -4.38. The van der Waals surface area contributed by atoms with Crippen molar-refractivity contribution in [1.29, 1.82) is 0 Å². The van der Waals surface area contributed by atoms with Crippen molar-refractivity contribution < 1.29 is 36.4 Å². The van der Waals surface area contributed by atoms with Gasteiger partial charge in [0.15, 0.2) is 0 Å². The molecular weight excluding hydrogens is 524 g/mol. The number of alkyl halides is 3. The van der Waals surface area contributed by atoms with Crippen LogP contribution in [0.1, 0.15) is 15.9 Å². The van der Waals surface area contributed by atoms with Gasteiger partial charge in [0.1, 0.15) is 28.3 Å². The van der Waals surface area contributed by atoms with Gasteiger partial charge in [0, 0.05) is 5.69 Å². The minimum Gasteiger partial charge on any atom is -0.506 e. The summed E-state index contributed by atoms with van der Waals surface area (Å²) in [7, 11) is -0.457. The molecule has 1 unspecified atom stereocenters. The lowest BCUT2D eigenvalue weighted by atomic mass is 10.0. The van der Waals surface area contributed by atoms with Gasteiger partial charge in [0.25, 0.3) is 5.91 Å². The summed E-state index contributed by atoms with van der Waals surface area (Å²) < 4.78 is 72.2. The van der Waals surface area contributed by atoms with Crippen LogP contribution in [0, 0.1) is 5.82 Å². The van der Waals surface area contributed by atoms with Crippen LogP contribution in [-0.2, 0) is 17.2 Å². The normalized spacial score (nSPS) is 12.0. The van der Waals surface area contributed by atoms with Gasteiger partial charge < -0.3 is 15.2 Å². The van der Waals surface area contributed by atoms with Crippen molar-refractivity contribution in [3.8, 4) is 22.6 Å². The van der Waals surface area contributed by atoms with Crippen LogP contribution in [0.25, 0.3) is 11.1 Å². The molecule has 1 atom stereocenters. The lowest BCUT2D eigenvalue weighted by Gasteiger charge is -2.14. The Labute approximate surface area is 217 Å². The second-order valence-corrected chi connectivity index (χ2v) is 9.21. The van der Waals surface area contributed by atoms with Crippen molar-refractivity contribution >= 4 is 28.3 Å². The number of rotatable bonds is 7. The van der Waals surface area contributed by atoms with Crippen LogP contribution in [0.4, 0.5) is 28.9 Å². The minimum absolute atomic E-state index is 0.0649. The van der Waals surface area contributed by atoms with Crippen LogP contribution in [0.3, 0.4) is 0 Å². The Morgan fingerprint density at radius 1 is 0.895 bits per heavy atom. The molecular formula is C27H20F4N2O4S. The number of halogens is 4. The number of nitrogens with one attached hydrogen (secondary N) is 2. The summed E-state index contributed by atoms with van der Waals surface area (Å²) in [6.45, 7) is 0. The lowest BCUT2D eigenvalue weighted by molar-refractivity contribution is -0.137. The molecule has 196 valence electrons. The van der Waals surface area contributed by atoms with Crippen LogP contribution >= 0.6 is 0 Å². The molecule has 0 spiro atoms.